The highest BCUT2D eigenvalue weighted by Crippen LogP contribution is 2.26. The summed E-state index contributed by atoms with van der Waals surface area (Å²) in [6, 6.07) is 8.54. The lowest BCUT2D eigenvalue weighted by Crippen LogP contribution is -2.44. The molecule has 2 aromatic rings. The molecule has 1 aliphatic rings. The Morgan fingerprint density at radius 1 is 1.35 bits per heavy atom. The van der Waals surface area contributed by atoms with Crippen LogP contribution >= 0.6 is 0 Å². The summed E-state index contributed by atoms with van der Waals surface area (Å²) >= 11 is 0. The van der Waals surface area contributed by atoms with E-state index in [9.17, 15) is 4.79 Å². The van der Waals surface area contributed by atoms with Gasteiger partial charge in [0, 0.05) is 19.7 Å². The van der Waals surface area contributed by atoms with Gasteiger partial charge in [0.1, 0.15) is 0 Å². The summed E-state index contributed by atoms with van der Waals surface area (Å²) in [5.74, 6) is -0.0463. The van der Waals surface area contributed by atoms with Gasteiger partial charge in [-0.3, -0.25) is 4.79 Å². The van der Waals surface area contributed by atoms with Crippen LogP contribution in [0.5, 0.6) is 0 Å². The van der Waals surface area contributed by atoms with Crippen molar-refractivity contribution in [3.05, 3.63) is 47.3 Å². The monoisotopic (exact) mass is 314 g/mol. The van der Waals surface area contributed by atoms with Crippen LogP contribution in [0.4, 0.5) is 0 Å². The van der Waals surface area contributed by atoms with E-state index < -0.39 is 0 Å². The molecule has 0 fully saturated rings. The second-order valence-corrected chi connectivity index (χ2v) is 5.83. The van der Waals surface area contributed by atoms with Crippen molar-refractivity contribution in [2.24, 2.45) is 0 Å². The molecule has 23 heavy (non-hydrogen) atoms. The normalized spacial score (nSPS) is 17.1. The predicted molar refractivity (Wildman–Crippen MR) is 86.0 cm³/mol. The number of rotatable bonds is 5. The number of ether oxygens (including phenoxy) is 1. The Labute approximate surface area is 136 Å². The third-order valence-electron chi connectivity index (χ3n) is 4.37. The van der Waals surface area contributed by atoms with Gasteiger partial charge in [0.25, 0.3) is 5.91 Å². The maximum atomic E-state index is 12.8. The molecule has 0 saturated heterocycles. The molecule has 6 nitrogen and oxygen atoms in total. The molecule has 0 radical (unpaired) electrons. The van der Waals surface area contributed by atoms with Crippen molar-refractivity contribution in [1.82, 2.24) is 19.9 Å². The fourth-order valence-electron chi connectivity index (χ4n) is 3.03. The SMILES string of the molecule is CCC1Cc2ccccc2CN1C(=O)c1cn(CCOC)nn1. The van der Waals surface area contributed by atoms with Gasteiger partial charge in [0.05, 0.1) is 19.3 Å². The van der Waals surface area contributed by atoms with Gasteiger partial charge < -0.3 is 9.64 Å². The van der Waals surface area contributed by atoms with Crippen LogP contribution in [0.3, 0.4) is 0 Å². The second-order valence-electron chi connectivity index (χ2n) is 5.83. The summed E-state index contributed by atoms with van der Waals surface area (Å²) in [4.78, 5) is 14.8. The number of carbonyl (C=O) groups excluding carboxylic acids is 1. The van der Waals surface area contributed by atoms with E-state index >= 15 is 0 Å². The highest BCUT2D eigenvalue weighted by Gasteiger charge is 2.30. The van der Waals surface area contributed by atoms with E-state index in [2.05, 4.69) is 35.4 Å². The van der Waals surface area contributed by atoms with E-state index in [1.54, 1.807) is 18.0 Å². The molecule has 1 aromatic carbocycles. The van der Waals surface area contributed by atoms with E-state index in [4.69, 9.17) is 4.74 Å². The van der Waals surface area contributed by atoms with Crippen molar-refractivity contribution in [2.45, 2.75) is 38.9 Å². The zero-order valence-corrected chi connectivity index (χ0v) is 13.6. The van der Waals surface area contributed by atoms with Crippen molar-refractivity contribution in [3.8, 4) is 0 Å². The minimum atomic E-state index is -0.0463. The number of nitrogens with zero attached hydrogens (tertiary/aromatic N) is 4. The van der Waals surface area contributed by atoms with Crippen LogP contribution < -0.4 is 0 Å². The standard InChI is InChI=1S/C17H22N4O2/c1-3-15-10-13-6-4-5-7-14(13)11-21(15)17(22)16-12-20(19-18-16)8-9-23-2/h4-7,12,15H,3,8-11H2,1-2H3. The minimum absolute atomic E-state index is 0.0463. The fraction of sp³-hybridized carbons (Fsp3) is 0.471. The van der Waals surface area contributed by atoms with Crippen molar-refractivity contribution < 1.29 is 9.53 Å². The average molecular weight is 314 g/mol. The molecule has 1 amide bonds. The average Bonchev–Trinajstić information content (AvgIpc) is 3.07. The summed E-state index contributed by atoms with van der Waals surface area (Å²) in [6.07, 6.45) is 3.53. The lowest BCUT2D eigenvalue weighted by Gasteiger charge is -2.36. The van der Waals surface area contributed by atoms with Gasteiger partial charge in [0.15, 0.2) is 5.69 Å². The van der Waals surface area contributed by atoms with Crippen LogP contribution in [0.1, 0.15) is 35.0 Å². The maximum absolute atomic E-state index is 12.8. The molecule has 3 rings (SSSR count). The molecule has 0 bridgehead atoms. The summed E-state index contributed by atoms with van der Waals surface area (Å²) < 4.78 is 6.67. The first kappa shape index (κ1) is 15.7. The minimum Gasteiger partial charge on any atom is -0.383 e. The Bertz CT molecular complexity index is 683. The Morgan fingerprint density at radius 3 is 2.87 bits per heavy atom. The molecular weight excluding hydrogens is 292 g/mol. The number of fused-ring (bicyclic) bond motifs is 1. The van der Waals surface area contributed by atoms with Crippen LogP contribution in [0.2, 0.25) is 0 Å². The largest absolute Gasteiger partial charge is 0.383 e. The van der Waals surface area contributed by atoms with Gasteiger partial charge in [-0.25, -0.2) is 4.68 Å². The summed E-state index contributed by atoms with van der Waals surface area (Å²) in [5.41, 5.74) is 2.96. The fourth-order valence-corrected chi connectivity index (χ4v) is 3.03. The summed E-state index contributed by atoms with van der Waals surface area (Å²) in [6.45, 7) is 3.90. The van der Waals surface area contributed by atoms with E-state index in [0.717, 1.165) is 12.8 Å². The van der Waals surface area contributed by atoms with Gasteiger partial charge in [0.2, 0.25) is 0 Å². The van der Waals surface area contributed by atoms with Gasteiger partial charge in [-0.05, 0) is 24.0 Å². The first-order valence-electron chi connectivity index (χ1n) is 7.99. The number of benzene rings is 1. The summed E-state index contributed by atoms with van der Waals surface area (Å²) in [5, 5.41) is 8.04. The van der Waals surface area contributed by atoms with E-state index in [1.807, 2.05) is 11.0 Å². The van der Waals surface area contributed by atoms with Crippen LogP contribution in [0, 0.1) is 0 Å². The number of methoxy groups -OCH3 is 1. The number of hydrogen-bond acceptors (Lipinski definition) is 4. The molecule has 0 saturated carbocycles. The number of carbonyl (C=O) groups is 1. The first-order chi connectivity index (χ1) is 11.2. The molecule has 0 aliphatic carbocycles. The quantitative estimate of drug-likeness (QED) is 0.846. The Balaban J connectivity index is 1.79. The second kappa shape index (κ2) is 6.91. The maximum Gasteiger partial charge on any atom is 0.276 e. The van der Waals surface area contributed by atoms with Gasteiger partial charge in [-0.15, -0.1) is 5.10 Å². The lowest BCUT2D eigenvalue weighted by molar-refractivity contribution is 0.0628. The Morgan fingerprint density at radius 2 is 2.13 bits per heavy atom. The van der Waals surface area contributed by atoms with Crippen LogP contribution in [-0.2, 0) is 24.2 Å². The molecule has 122 valence electrons. The molecule has 1 unspecified atom stereocenters. The third-order valence-corrected chi connectivity index (χ3v) is 4.37. The van der Waals surface area contributed by atoms with Crippen molar-refractivity contribution in [1.29, 1.82) is 0 Å². The first-order valence-corrected chi connectivity index (χ1v) is 7.99. The van der Waals surface area contributed by atoms with Crippen LogP contribution in [-0.4, -0.2) is 45.6 Å². The molecule has 0 spiro atoms. The topological polar surface area (TPSA) is 60.2 Å². The zero-order chi connectivity index (χ0) is 16.2. The van der Waals surface area contributed by atoms with Crippen molar-refractivity contribution >= 4 is 5.91 Å². The van der Waals surface area contributed by atoms with Gasteiger partial charge in [-0.1, -0.05) is 36.4 Å². The molecular formula is C17H22N4O2. The highest BCUT2D eigenvalue weighted by atomic mass is 16.5. The Hall–Kier alpha value is -2.21. The molecule has 1 aliphatic heterocycles. The molecule has 0 N–H and O–H groups in total. The molecule has 1 atom stereocenters. The number of hydrogen-bond donors (Lipinski definition) is 0. The zero-order valence-electron chi connectivity index (χ0n) is 13.6. The molecule has 6 heteroatoms. The highest BCUT2D eigenvalue weighted by molar-refractivity contribution is 5.92. The predicted octanol–water partition coefficient (Wildman–Crippen LogP) is 1.90. The summed E-state index contributed by atoms with van der Waals surface area (Å²) in [7, 11) is 1.64. The van der Waals surface area contributed by atoms with Crippen LogP contribution in [0.15, 0.2) is 30.5 Å². The smallest absolute Gasteiger partial charge is 0.276 e. The Kier molecular flexibility index (Phi) is 4.71. The van der Waals surface area contributed by atoms with Gasteiger partial charge >= 0.3 is 0 Å². The van der Waals surface area contributed by atoms with Crippen molar-refractivity contribution in [2.75, 3.05) is 13.7 Å². The van der Waals surface area contributed by atoms with Crippen LogP contribution in [0.25, 0.3) is 0 Å². The van der Waals surface area contributed by atoms with Crippen molar-refractivity contribution in [3.63, 3.8) is 0 Å². The van der Waals surface area contributed by atoms with E-state index in [1.165, 1.54) is 11.1 Å². The van der Waals surface area contributed by atoms with E-state index in [-0.39, 0.29) is 11.9 Å². The number of amides is 1. The van der Waals surface area contributed by atoms with Gasteiger partial charge in [-0.2, -0.15) is 0 Å². The third kappa shape index (κ3) is 3.27. The molecule has 2 heterocycles. The lowest BCUT2D eigenvalue weighted by atomic mass is 9.92. The van der Waals surface area contributed by atoms with E-state index in [0.29, 0.717) is 25.4 Å². The number of aromatic nitrogens is 3. The molecule has 1 aromatic heterocycles.